The number of guanidine groups is 1. The predicted octanol–water partition coefficient (Wildman–Crippen LogP) is 1.95. The van der Waals surface area contributed by atoms with E-state index in [-0.39, 0.29) is 12.4 Å². The van der Waals surface area contributed by atoms with Crippen LogP contribution in [0.5, 0.6) is 0 Å². The zero-order chi connectivity index (χ0) is 20.7. The van der Waals surface area contributed by atoms with Gasteiger partial charge >= 0.3 is 0 Å². The minimum atomic E-state index is -3.46. The van der Waals surface area contributed by atoms with Gasteiger partial charge in [0.1, 0.15) is 10.0 Å². The van der Waals surface area contributed by atoms with Crippen molar-refractivity contribution in [1.29, 1.82) is 0 Å². The molecular weight excluding hydrogens is 413 g/mol. The van der Waals surface area contributed by atoms with E-state index >= 15 is 0 Å². The van der Waals surface area contributed by atoms with Gasteiger partial charge in [0.05, 0.1) is 6.54 Å². The van der Waals surface area contributed by atoms with E-state index in [1.54, 1.807) is 29.6 Å². The second-order valence-corrected chi connectivity index (χ2v) is 9.46. The molecule has 1 aliphatic rings. The Morgan fingerprint density at radius 1 is 1.17 bits per heavy atom. The highest BCUT2D eigenvalue weighted by atomic mass is 32.2. The van der Waals surface area contributed by atoms with E-state index in [9.17, 15) is 12.8 Å². The molecule has 158 valence electrons. The fraction of sp³-hybridized carbons (Fsp3) is 0.421. The van der Waals surface area contributed by atoms with Crippen molar-refractivity contribution in [3.63, 3.8) is 0 Å². The van der Waals surface area contributed by atoms with Crippen molar-refractivity contribution in [2.45, 2.75) is 11.1 Å². The van der Waals surface area contributed by atoms with Crippen LogP contribution in [-0.4, -0.2) is 65.1 Å². The second kappa shape index (κ2) is 10.0. The number of rotatable bonds is 7. The average Bonchev–Trinajstić information content (AvgIpc) is 3.27. The Hall–Kier alpha value is -2.17. The van der Waals surface area contributed by atoms with Gasteiger partial charge in [0.25, 0.3) is 0 Å². The summed E-state index contributed by atoms with van der Waals surface area (Å²) in [4.78, 5) is 8.95. The summed E-state index contributed by atoms with van der Waals surface area (Å²) in [6.07, 6.45) is 0. The van der Waals surface area contributed by atoms with Gasteiger partial charge in [0, 0.05) is 45.0 Å². The standard InChI is InChI=1S/C19H26FN5O2S2/c1-2-21-19(22-9-10-23-29(26,27)18-4-3-15-28-18)25-13-11-24(12-14-25)17-7-5-16(20)6-8-17/h3-8,15,23H,2,9-14H2,1H3,(H,21,22). The second-order valence-electron chi connectivity index (χ2n) is 6.52. The molecule has 2 heterocycles. The fourth-order valence-electron chi connectivity index (χ4n) is 3.08. The minimum absolute atomic E-state index is 0.233. The number of benzene rings is 1. The Kier molecular flexibility index (Phi) is 7.45. The molecule has 1 aromatic carbocycles. The molecule has 7 nitrogen and oxygen atoms in total. The summed E-state index contributed by atoms with van der Waals surface area (Å²) in [5.74, 6) is 0.547. The zero-order valence-electron chi connectivity index (χ0n) is 16.3. The van der Waals surface area contributed by atoms with Gasteiger partial charge in [0.2, 0.25) is 10.0 Å². The van der Waals surface area contributed by atoms with Crippen molar-refractivity contribution < 1.29 is 12.8 Å². The summed E-state index contributed by atoms with van der Waals surface area (Å²) >= 11 is 1.19. The van der Waals surface area contributed by atoms with Crippen LogP contribution in [0.15, 0.2) is 51.0 Å². The monoisotopic (exact) mass is 439 g/mol. The minimum Gasteiger partial charge on any atom is -0.368 e. The van der Waals surface area contributed by atoms with Gasteiger partial charge in [-0.25, -0.2) is 17.5 Å². The fourth-order valence-corrected chi connectivity index (χ4v) is 5.14. The van der Waals surface area contributed by atoms with Crippen molar-refractivity contribution in [2.75, 3.05) is 50.7 Å². The first-order valence-corrected chi connectivity index (χ1v) is 11.9. The van der Waals surface area contributed by atoms with Crippen LogP contribution >= 0.6 is 11.3 Å². The first-order valence-electron chi connectivity index (χ1n) is 9.56. The van der Waals surface area contributed by atoms with Crippen LogP contribution in [0, 0.1) is 5.82 Å². The number of hydrogen-bond donors (Lipinski definition) is 2. The number of anilines is 1. The number of thiophene rings is 1. The molecule has 10 heteroatoms. The van der Waals surface area contributed by atoms with Gasteiger partial charge < -0.3 is 15.1 Å². The van der Waals surface area contributed by atoms with E-state index in [1.165, 1.54) is 23.5 Å². The maximum Gasteiger partial charge on any atom is 0.250 e. The molecule has 0 bridgehead atoms. The molecule has 1 aliphatic heterocycles. The van der Waals surface area contributed by atoms with E-state index in [2.05, 4.69) is 24.8 Å². The van der Waals surface area contributed by atoms with Crippen molar-refractivity contribution in [1.82, 2.24) is 14.9 Å². The van der Waals surface area contributed by atoms with Crippen LogP contribution in [0.3, 0.4) is 0 Å². The summed E-state index contributed by atoms with van der Waals surface area (Å²) in [5.41, 5.74) is 1.01. The third-order valence-electron chi connectivity index (χ3n) is 4.53. The van der Waals surface area contributed by atoms with Gasteiger partial charge in [0.15, 0.2) is 5.96 Å². The molecule has 1 aromatic heterocycles. The van der Waals surface area contributed by atoms with Gasteiger partial charge in [-0.15, -0.1) is 11.3 Å². The number of aliphatic imine (C=N–C) groups is 1. The Bertz CT molecular complexity index is 893. The Balaban J connectivity index is 1.52. The summed E-state index contributed by atoms with van der Waals surface area (Å²) < 4.78 is 40.3. The Morgan fingerprint density at radius 3 is 2.52 bits per heavy atom. The third-order valence-corrected chi connectivity index (χ3v) is 7.39. The number of halogens is 1. The normalized spacial score (nSPS) is 15.6. The van der Waals surface area contributed by atoms with Crippen LogP contribution in [0.1, 0.15) is 6.92 Å². The summed E-state index contributed by atoms with van der Waals surface area (Å²) in [6.45, 7) is 6.51. The van der Waals surface area contributed by atoms with Gasteiger partial charge in [-0.1, -0.05) is 6.07 Å². The Labute approximate surface area is 175 Å². The SMILES string of the molecule is CCNC(=NCCNS(=O)(=O)c1cccs1)N1CCN(c2ccc(F)cc2)CC1. The number of piperazine rings is 1. The highest BCUT2D eigenvalue weighted by molar-refractivity contribution is 7.91. The molecule has 0 aliphatic carbocycles. The molecule has 29 heavy (non-hydrogen) atoms. The molecule has 2 N–H and O–H groups in total. The van der Waals surface area contributed by atoms with Crippen molar-refractivity contribution in [3.05, 3.63) is 47.6 Å². The smallest absolute Gasteiger partial charge is 0.250 e. The first kappa shape index (κ1) is 21.5. The number of sulfonamides is 1. The third kappa shape index (κ3) is 5.91. The Morgan fingerprint density at radius 2 is 1.90 bits per heavy atom. The van der Waals surface area contributed by atoms with E-state index < -0.39 is 10.0 Å². The number of nitrogens with one attached hydrogen (secondary N) is 2. The molecule has 2 aromatic rings. The van der Waals surface area contributed by atoms with Crippen molar-refractivity contribution in [3.8, 4) is 0 Å². The largest absolute Gasteiger partial charge is 0.368 e. The predicted molar refractivity (Wildman–Crippen MR) is 116 cm³/mol. The highest BCUT2D eigenvalue weighted by Gasteiger charge is 2.20. The van der Waals surface area contributed by atoms with Crippen LogP contribution in [-0.2, 0) is 10.0 Å². The maximum absolute atomic E-state index is 13.1. The quantitative estimate of drug-likeness (QED) is 0.392. The van der Waals surface area contributed by atoms with Gasteiger partial charge in [-0.2, -0.15) is 0 Å². The van der Waals surface area contributed by atoms with Crippen molar-refractivity contribution >= 4 is 33.0 Å². The van der Waals surface area contributed by atoms with E-state index in [4.69, 9.17) is 0 Å². The molecule has 0 spiro atoms. The molecule has 1 fully saturated rings. The van der Waals surface area contributed by atoms with Crippen molar-refractivity contribution in [2.24, 2.45) is 4.99 Å². The molecular formula is C19H26FN5O2S2. The molecule has 0 amide bonds. The number of hydrogen-bond acceptors (Lipinski definition) is 5. The van der Waals surface area contributed by atoms with E-state index in [1.807, 2.05) is 6.92 Å². The van der Waals surface area contributed by atoms with E-state index in [0.717, 1.165) is 44.4 Å². The molecule has 0 radical (unpaired) electrons. The van der Waals surface area contributed by atoms with Crippen LogP contribution in [0.25, 0.3) is 0 Å². The molecule has 3 rings (SSSR count). The summed E-state index contributed by atoms with van der Waals surface area (Å²) in [5, 5.41) is 5.01. The lowest BCUT2D eigenvalue weighted by Gasteiger charge is -2.37. The lowest BCUT2D eigenvalue weighted by molar-refractivity contribution is 0.372. The average molecular weight is 440 g/mol. The molecule has 0 saturated carbocycles. The van der Waals surface area contributed by atoms with Gasteiger partial charge in [-0.3, -0.25) is 4.99 Å². The lowest BCUT2D eigenvalue weighted by atomic mass is 10.2. The summed E-state index contributed by atoms with van der Waals surface area (Å²) in [6, 6.07) is 9.84. The van der Waals surface area contributed by atoms with Gasteiger partial charge in [-0.05, 0) is 42.6 Å². The van der Waals surface area contributed by atoms with Crippen LogP contribution in [0.4, 0.5) is 10.1 Å². The van der Waals surface area contributed by atoms with E-state index in [0.29, 0.717) is 10.8 Å². The summed E-state index contributed by atoms with van der Waals surface area (Å²) in [7, 11) is -3.46. The van der Waals surface area contributed by atoms with Crippen LogP contribution < -0.4 is 14.9 Å². The maximum atomic E-state index is 13.1. The molecule has 1 saturated heterocycles. The highest BCUT2D eigenvalue weighted by Crippen LogP contribution is 2.17. The van der Waals surface area contributed by atoms with Crippen LogP contribution in [0.2, 0.25) is 0 Å². The zero-order valence-corrected chi connectivity index (χ0v) is 18.0. The number of nitrogens with zero attached hydrogens (tertiary/aromatic N) is 3. The first-order chi connectivity index (χ1) is 14.0. The molecule has 0 atom stereocenters. The topological polar surface area (TPSA) is 77.0 Å². The molecule has 0 unspecified atom stereocenters. The lowest BCUT2D eigenvalue weighted by Crippen LogP contribution is -2.52.